The fraction of sp³-hybridized carbons (Fsp3) is 0.0426. The van der Waals surface area contributed by atoms with E-state index in [0.29, 0.717) is 22.5 Å². The number of benzene rings is 15. The number of para-hydroxylation sites is 6. The van der Waals surface area contributed by atoms with Gasteiger partial charge in [0.2, 0.25) is 0 Å². The van der Waals surface area contributed by atoms with E-state index in [2.05, 4.69) is 212 Å². The molecule has 0 atom stereocenters. The Morgan fingerprint density at radius 3 is 0.960 bits per heavy atom. The Kier molecular flexibility index (Phi) is 8.96. The molecule has 0 spiro atoms. The van der Waals surface area contributed by atoms with Crippen molar-refractivity contribution in [3.8, 4) is 45.0 Å². The van der Waals surface area contributed by atoms with E-state index in [4.69, 9.17) is 11.0 Å². The second-order valence-corrected chi connectivity index (χ2v) is 27.0. The van der Waals surface area contributed by atoms with Gasteiger partial charge in [-0.25, -0.2) is 0 Å². The molecule has 0 aliphatic carbocycles. The first kappa shape index (κ1) is 42.2. The Labute approximate surface area is 594 Å². The molecule has 0 saturated carbocycles. The second-order valence-electron chi connectivity index (χ2n) is 27.0. The lowest BCUT2D eigenvalue weighted by atomic mass is 9.33. The molecule has 21 rings (SSSR count). The van der Waals surface area contributed by atoms with E-state index in [-0.39, 0.29) is 43.6 Å². The lowest BCUT2D eigenvalue weighted by molar-refractivity contribution is 0.601. The summed E-state index contributed by atoms with van der Waals surface area (Å²) in [6.07, 6.45) is 0. The van der Waals surface area contributed by atoms with Crippen LogP contribution in [0.15, 0.2) is 327 Å². The van der Waals surface area contributed by atoms with Crippen molar-refractivity contribution < 1.29 is 21.9 Å². The molecule has 462 valence electrons. The standard InChI is InChI=1S/C94H63BN4/c1-94(2,3)90-88-76-42-10-8-34-68(76)64-30-4-6-32-66(64)70-36-12-22-48-84(70)98-86-52-50-60(58-26-24-28-62(54-58)96-80-44-18-14-38-72(80)73-39-15-19-45-81(73)96)56-78(86)95-79-57-61(59-27-25-29-63(55-59)97-82-46-20-16-40-74(82)75-41-17-21-47-83(75)97)51-53-87(79)99-85-49-23-13-37-71(85)67-33-7-5-31-65(67)69-35-9-11-43-77(69)89(90)93(99)91(95)92(88)98/h4-57H,1-3H3/i14D,15D,16D,17D,18D,19D,20D,21D,38D,39D,40D,41D,44D,45D,46D,47D. The van der Waals surface area contributed by atoms with Gasteiger partial charge in [0.05, 0.1) is 66.1 Å². The molecule has 0 N–H and O–H groups in total. The predicted molar refractivity (Wildman–Crippen MR) is 423 cm³/mol. The third-order valence-electron chi connectivity index (χ3n) is 20.8. The van der Waals surface area contributed by atoms with Gasteiger partial charge < -0.3 is 18.3 Å². The lowest BCUT2D eigenvalue weighted by Gasteiger charge is -2.38. The average molecular weight is 1280 g/mol. The summed E-state index contributed by atoms with van der Waals surface area (Å²) in [5.41, 5.74) is 12.6. The molecule has 99 heavy (non-hydrogen) atoms. The second kappa shape index (κ2) is 21.0. The van der Waals surface area contributed by atoms with E-state index in [0.717, 1.165) is 131 Å². The quantitative estimate of drug-likeness (QED) is 0.157. The van der Waals surface area contributed by atoms with E-state index < -0.39 is 109 Å². The molecule has 4 nitrogen and oxygen atoms in total. The van der Waals surface area contributed by atoms with Gasteiger partial charge >= 0.3 is 0 Å². The van der Waals surface area contributed by atoms with Crippen LogP contribution in [0.3, 0.4) is 0 Å². The van der Waals surface area contributed by atoms with Crippen molar-refractivity contribution in [1.82, 2.24) is 18.3 Å². The number of fused-ring (bicyclic) bond motifs is 26. The summed E-state index contributed by atoms with van der Waals surface area (Å²) < 4.78 is 155. The molecular formula is C94H63BN4. The fourth-order valence-electron chi connectivity index (χ4n) is 16.9. The summed E-state index contributed by atoms with van der Waals surface area (Å²) in [6.45, 7) is 6.34. The van der Waals surface area contributed by atoms with Crippen LogP contribution in [-0.4, -0.2) is 25.0 Å². The van der Waals surface area contributed by atoms with Crippen LogP contribution in [0.5, 0.6) is 0 Å². The maximum absolute atomic E-state index is 9.52. The number of nitrogens with zero attached hydrogens (tertiary/aromatic N) is 4. The largest absolute Gasteiger partial charge is 0.310 e. The predicted octanol–water partition coefficient (Wildman–Crippen LogP) is 22.7. The smallest absolute Gasteiger partial charge is 0.252 e. The van der Waals surface area contributed by atoms with Crippen LogP contribution in [0.25, 0.3) is 175 Å². The van der Waals surface area contributed by atoms with Crippen molar-refractivity contribution in [2.45, 2.75) is 26.2 Å². The first-order chi connectivity index (χ1) is 55.5. The summed E-state index contributed by atoms with van der Waals surface area (Å²) in [7, 11) is 0. The van der Waals surface area contributed by atoms with Crippen LogP contribution in [0.4, 0.5) is 0 Å². The van der Waals surface area contributed by atoms with Gasteiger partial charge in [-0.05, 0) is 165 Å². The minimum atomic E-state index is -0.654. The summed E-state index contributed by atoms with van der Waals surface area (Å²) in [5.74, 6) is 0. The van der Waals surface area contributed by atoms with Crippen molar-refractivity contribution in [3.63, 3.8) is 0 Å². The third-order valence-corrected chi connectivity index (χ3v) is 20.8. The van der Waals surface area contributed by atoms with Gasteiger partial charge in [0.15, 0.2) is 0 Å². The van der Waals surface area contributed by atoms with Gasteiger partial charge in [0, 0.05) is 65.8 Å². The normalized spacial score (nSPS) is 14.8. The Hall–Kier alpha value is -12.4. The highest BCUT2D eigenvalue weighted by Crippen LogP contribution is 2.48. The molecule has 2 aliphatic rings. The third kappa shape index (κ3) is 7.98. The highest BCUT2D eigenvalue weighted by molar-refractivity contribution is 7.00. The molecule has 15 aromatic carbocycles. The van der Waals surface area contributed by atoms with Gasteiger partial charge in [-0.2, -0.15) is 0 Å². The Balaban J connectivity index is 0.970. The number of rotatable bonds is 4. The first-order valence-electron chi connectivity index (χ1n) is 41.4. The minimum absolute atomic E-state index is 0.00601. The van der Waals surface area contributed by atoms with Crippen LogP contribution in [-0.2, 0) is 5.41 Å². The van der Waals surface area contributed by atoms with E-state index in [1.54, 1.807) is 21.3 Å². The zero-order valence-electron chi connectivity index (χ0n) is 69.8. The van der Waals surface area contributed by atoms with Gasteiger partial charge in [-0.15, -0.1) is 0 Å². The zero-order chi connectivity index (χ0) is 79.3. The Morgan fingerprint density at radius 2 is 0.586 bits per heavy atom. The molecule has 6 heterocycles. The molecule has 0 fully saturated rings. The molecule has 0 saturated heterocycles. The van der Waals surface area contributed by atoms with Gasteiger partial charge in [-0.3, -0.25) is 0 Å². The Morgan fingerprint density at radius 1 is 0.273 bits per heavy atom. The van der Waals surface area contributed by atoms with Crippen molar-refractivity contribution in [2.75, 3.05) is 0 Å². The summed E-state index contributed by atoms with van der Waals surface area (Å²) in [4.78, 5) is 0. The number of hydrogen-bond donors (Lipinski definition) is 0. The van der Waals surface area contributed by atoms with Gasteiger partial charge in [0.25, 0.3) is 6.71 Å². The van der Waals surface area contributed by atoms with E-state index in [1.807, 2.05) is 36.4 Å². The monoisotopic (exact) mass is 1270 g/mol. The van der Waals surface area contributed by atoms with Crippen molar-refractivity contribution in [3.05, 3.63) is 333 Å². The lowest BCUT2D eigenvalue weighted by Crippen LogP contribution is -2.60. The molecule has 0 bridgehead atoms. The molecule has 0 unspecified atom stereocenters. The molecule has 0 radical (unpaired) electrons. The SMILES string of the molecule is [2H]c1c([2H])c([2H])c2c(c1[2H])c1c([2H])c([2H])c([2H])c([2H])c1n2-c1cccc(-c2ccc3c(c2)B2c4cc(-c5cccc(-n6c7c([2H])c([2H])c([2H])c([2H])c7c7c([2H])c([2H])c([2H])c([2H])c76)c5)ccc4-n4c5ccccc5c5ccccc5c5ccccc5c5c(C(C)(C)C)c6c7ccccc7c7ccccc7c7ccccc7n-3c6c2c54)c1. The van der Waals surface area contributed by atoms with E-state index in [1.165, 1.54) is 0 Å². The van der Waals surface area contributed by atoms with Crippen LogP contribution in [0, 0.1) is 0 Å². The van der Waals surface area contributed by atoms with Crippen molar-refractivity contribution in [1.29, 1.82) is 0 Å². The Bertz CT molecular complexity index is 7330. The zero-order valence-corrected chi connectivity index (χ0v) is 53.8. The topological polar surface area (TPSA) is 19.7 Å². The maximum Gasteiger partial charge on any atom is 0.252 e. The van der Waals surface area contributed by atoms with Crippen LogP contribution in [0.1, 0.15) is 48.3 Å². The van der Waals surface area contributed by atoms with Crippen molar-refractivity contribution >= 4 is 153 Å². The summed E-state index contributed by atoms with van der Waals surface area (Å²) in [6, 6.07) is 73.0. The number of hydrogen-bond acceptors (Lipinski definition) is 0. The van der Waals surface area contributed by atoms with Crippen molar-refractivity contribution in [2.24, 2.45) is 0 Å². The molecule has 19 aromatic rings. The average Bonchev–Trinajstić information content (AvgIpc) is 1.31. The summed E-state index contributed by atoms with van der Waals surface area (Å²) in [5, 5.41) is 12.3. The molecular weight excluding hydrogens is 1200 g/mol. The number of aromatic nitrogens is 4. The minimum Gasteiger partial charge on any atom is -0.310 e. The maximum atomic E-state index is 9.52. The molecule has 4 aromatic heterocycles. The van der Waals surface area contributed by atoms with E-state index >= 15 is 0 Å². The van der Waals surface area contributed by atoms with Crippen LogP contribution < -0.4 is 16.4 Å². The highest BCUT2D eigenvalue weighted by atomic mass is 15.0. The van der Waals surface area contributed by atoms with Crippen LogP contribution >= 0.6 is 0 Å². The molecule has 0 amide bonds. The van der Waals surface area contributed by atoms with Gasteiger partial charge in [0.1, 0.15) is 0 Å². The highest BCUT2D eigenvalue weighted by Gasteiger charge is 2.42. The fourth-order valence-corrected chi connectivity index (χ4v) is 16.9. The molecule has 5 heteroatoms. The summed E-state index contributed by atoms with van der Waals surface area (Å²) >= 11 is 0. The molecule has 2 aliphatic heterocycles. The first-order valence-corrected chi connectivity index (χ1v) is 33.4. The van der Waals surface area contributed by atoms with Crippen LogP contribution in [0.2, 0.25) is 0 Å². The van der Waals surface area contributed by atoms with Gasteiger partial charge in [-0.1, -0.05) is 275 Å². The van der Waals surface area contributed by atoms with E-state index in [9.17, 15) is 11.0 Å².